The molecule has 0 aromatic heterocycles. The van der Waals surface area contributed by atoms with Crippen LogP contribution in [0.15, 0.2) is 24.3 Å². The molecule has 1 aromatic carbocycles. The van der Waals surface area contributed by atoms with Gasteiger partial charge in [0.15, 0.2) is 0 Å². The third-order valence-corrected chi connectivity index (χ3v) is 4.06. The van der Waals surface area contributed by atoms with Crippen LogP contribution in [0.1, 0.15) is 26.7 Å². The van der Waals surface area contributed by atoms with E-state index in [0.29, 0.717) is 5.69 Å². The van der Waals surface area contributed by atoms with Crippen LogP contribution >= 0.6 is 0 Å². The van der Waals surface area contributed by atoms with Gasteiger partial charge in [0.2, 0.25) is 0 Å². The van der Waals surface area contributed by atoms with Crippen molar-refractivity contribution in [2.45, 2.75) is 32.2 Å². The second-order valence-electron chi connectivity index (χ2n) is 5.28. The fourth-order valence-electron chi connectivity index (χ4n) is 2.17. The molecule has 1 saturated carbocycles. The van der Waals surface area contributed by atoms with E-state index in [1.165, 1.54) is 13.2 Å². The number of hydrogen-bond acceptors (Lipinski definition) is 3. The van der Waals surface area contributed by atoms with Crippen LogP contribution in [0.3, 0.4) is 0 Å². The molecule has 0 amide bonds. The van der Waals surface area contributed by atoms with Crippen molar-refractivity contribution in [1.82, 2.24) is 0 Å². The quantitative estimate of drug-likeness (QED) is 0.836. The first-order valence-corrected chi connectivity index (χ1v) is 6.04. The lowest BCUT2D eigenvalue weighted by molar-refractivity contribution is -0.147. The highest BCUT2D eigenvalue weighted by Gasteiger charge is 2.58. The highest BCUT2D eigenvalue weighted by molar-refractivity contribution is 5.86. The van der Waals surface area contributed by atoms with Crippen LogP contribution in [-0.2, 0) is 9.53 Å². The van der Waals surface area contributed by atoms with Crippen molar-refractivity contribution in [3.8, 4) is 0 Å². The maximum Gasteiger partial charge on any atom is 0.331 e. The van der Waals surface area contributed by atoms with Gasteiger partial charge < -0.3 is 10.1 Å². The molecule has 4 heteroatoms. The van der Waals surface area contributed by atoms with Gasteiger partial charge in [0, 0.05) is 5.41 Å². The molecule has 0 saturated heterocycles. The maximum atomic E-state index is 13.7. The Hall–Kier alpha value is -1.58. The molecule has 0 radical (unpaired) electrons. The first-order valence-electron chi connectivity index (χ1n) is 6.04. The molecule has 1 fully saturated rings. The molecule has 1 aliphatic rings. The number of methoxy groups -OCH3 is 1. The summed E-state index contributed by atoms with van der Waals surface area (Å²) in [6.07, 6.45) is 1.86. The van der Waals surface area contributed by atoms with Gasteiger partial charge in [0.25, 0.3) is 0 Å². The number of nitrogens with one attached hydrogen (secondary N) is 1. The number of ether oxygens (including phenoxy) is 1. The van der Waals surface area contributed by atoms with Gasteiger partial charge in [-0.15, -0.1) is 0 Å². The Morgan fingerprint density at radius 2 is 2.06 bits per heavy atom. The lowest BCUT2D eigenvalue weighted by Crippen LogP contribution is -2.51. The third-order valence-electron chi connectivity index (χ3n) is 4.06. The minimum absolute atomic E-state index is 0.178. The van der Waals surface area contributed by atoms with Gasteiger partial charge in [-0.25, -0.2) is 9.18 Å². The predicted octanol–water partition coefficient (Wildman–Crippen LogP) is 2.97. The topological polar surface area (TPSA) is 38.3 Å². The number of rotatable bonds is 4. The Balaban J connectivity index is 2.32. The molecule has 1 aromatic rings. The largest absolute Gasteiger partial charge is 0.467 e. The van der Waals surface area contributed by atoms with E-state index in [9.17, 15) is 9.18 Å². The Kier molecular flexibility index (Phi) is 3.05. The zero-order chi connectivity index (χ0) is 13.4. The number of esters is 1. The number of para-hydroxylation sites is 1. The van der Waals surface area contributed by atoms with E-state index in [4.69, 9.17) is 4.74 Å². The first-order chi connectivity index (χ1) is 8.43. The monoisotopic (exact) mass is 251 g/mol. The van der Waals surface area contributed by atoms with E-state index in [1.807, 2.05) is 6.92 Å². The molecule has 1 atom stereocenters. The van der Waals surface area contributed by atoms with E-state index in [-0.39, 0.29) is 17.2 Å². The molecule has 1 N–H and O–H groups in total. The molecule has 3 nitrogen and oxygen atoms in total. The maximum absolute atomic E-state index is 13.7. The summed E-state index contributed by atoms with van der Waals surface area (Å²) in [4.78, 5) is 12.0. The van der Waals surface area contributed by atoms with Crippen LogP contribution in [-0.4, -0.2) is 18.6 Å². The molecule has 0 bridgehead atoms. The summed E-state index contributed by atoms with van der Waals surface area (Å²) in [6.45, 7) is 3.79. The highest BCUT2D eigenvalue weighted by atomic mass is 19.1. The van der Waals surface area contributed by atoms with Gasteiger partial charge in [0.1, 0.15) is 11.4 Å². The average Bonchev–Trinajstić information content (AvgIpc) is 3.10. The van der Waals surface area contributed by atoms with Crippen LogP contribution in [0, 0.1) is 11.2 Å². The molecule has 18 heavy (non-hydrogen) atoms. The first kappa shape index (κ1) is 12.9. The van der Waals surface area contributed by atoms with E-state index in [0.717, 1.165) is 12.8 Å². The molecular formula is C14H18FNO2. The van der Waals surface area contributed by atoms with Gasteiger partial charge >= 0.3 is 5.97 Å². The van der Waals surface area contributed by atoms with Crippen molar-refractivity contribution < 1.29 is 13.9 Å². The van der Waals surface area contributed by atoms with Crippen molar-refractivity contribution >= 4 is 11.7 Å². The Morgan fingerprint density at radius 3 is 2.56 bits per heavy atom. The highest BCUT2D eigenvalue weighted by Crippen LogP contribution is 2.55. The van der Waals surface area contributed by atoms with Gasteiger partial charge in [-0.2, -0.15) is 0 Å². The summed E-state index contributed by atoms with van der Waals surface area (Å²) in [6, 6.07) is 6.35. The molecule has 2 rings (SSSR count). The molecule has 98 valence electrons. The van der Waals surface area contributed by atoms with E-state index in [1.54, 1.807) is 25.1 Å². The van der Waals surface area contributed by atoms with E-state index < -0.39 is 5.54 Å². The van der Waals surface area contributed by atoms with Crippen molar-refractivity contribution in [2.24, 2.45) is 5.41 Å². The van der Waals surface area contributed by atoms with Crippen LogP contribution in [0.25, 0.3) is 0 Å². The van der Waals surface area contributed by atoms with E-state index in [2.05, 4.69) is 5.32 Å². The predicted molar refractivity (Wildman–Crippen MR) is 67.8 cm³/mol. The van der Waals surface area contributed by atoms with Crippen LogP contribution in [0.4, 0.5) is 10.1 Å². The fraction of sp³-hybridized carbons (Fsp3) is 0.500. The Bertz CT molecular complexity index is 471. The third kappa shape index (κ3) is 1.96. The lowest BCUT2D eigenvalue weighted by Gasteiger charge is -2.35. The number of anilines is 1. The molecule has 0 aliphatic heterocycles. The Morgan fingerprint density at radius 1 is 1.44 bits per heavy atom. The number of benzene rings is 1. The number of hydrogen-bond donors (Lipinski definition) is 1. The summed E-state index contributed by atoms with van der Waals surface area (Å²) < 4.78 is 18.6. The van der Waals surface area contributed by atoms with Crippen molar-refractivity contribution in [3.63, 3.8) is 0 Å². The number of carbonyl (C=O) groups is 1. The summed E-state index contributed by atoms with van der Waals surface area (Å²) >= 11 is 0. The molecule has 1 unspecified atom stereocenters. The molecule has 1 aliphatic carbocycles. The average molecular weight is 251 g/mol. The summed E-state index contributed by atoms with van der Waals surface area (Å²) in [7, 11) is 1.36. The number of carbonyl (C=O) groups excluding carboxylic acids is 1. The lowest BCUT2D eigenvalue weighted by atomic mass is 9.83. The zero-order valence-electron chi connectivity index (χ0n) is 10.9. The van der Waals surface area contributed by atoms with Crippen molar-refractivity contribution in [2.75, 3.05) is 12.4 Å². The van der Waals surface area contributed by atoms with Crippen LogP contribution in [0.5, 0.6) is 0 Å². The molecular weight excluding hydrogens is 233 g/mol. The molecule has 0 spiro atoms. The Labute approximate surface area is 106 Å². The van der Waals surface area contributed by atoms with Crippen molar-refractivity contribution in [3.05, 3.63) is 30.1 Å². The number of halogens is 1. The smallest absolute Gasteiger partial charge is 0.331 e. The fourth-order valence-corrected chi connectivity index (χ4v) is 2.17. The van der Waals surface area contributed by atoms with Gasteiger partial charge in [0.05, 0.1) is 12.8 Å². The SMILES string of the molecule is COC(=O)C(C)(Nc1ccccc1F)C1(C)CC1. The minimum atomic E-state index is -0.899. The minimum Gasteiger partial charge on any atom is -0.467 e. The summed E-state index contributed by atoms with van der Waals surface area (Å²) in [5, 5.41) is 3.03. The molecule has 0 heterocycles. The van der Waals surface area contributed by atoms with Gasteiger partial charge in [-0.1, -0.05) is 19.1 Å². The summed E-state index contributed by atoms with van der Waals surface area (Å²) in [5.41, 5.74) is -0.745. The van der Waals surface area contributed by atoms with Crippen LogP contribution < -0.4 is 5.32 Å². The zero-order valence-corrected chi connectivity index (χ0v) is 10.9. The normalized spacial score (nSPS) is 19.8. The summed E-state index contributed by atoms with van der Waals surface area (Å²) in [5.74, 6) is -0.720. The van der Waals surface area contributed by atoms with Crippen molar-refractivity contribution in [1.29, 1.82) is 0 Å². The van der Waals surface area contributed by atoms with Crippen LogP contribution in [0.2, 0.25) is 0 Å². The van der Waals surface area contributed by atoms with E-state index >= 15 is 0 Å². The standard InChI is InChI=1S/C14H18FNO2/c1-13(8-9-13)14(2,12(17)18-3)16-11-7-5-4-6-10(11)15/h4-7,16H,8-9H2,1-3H3. The van der Waals surface area contributed by atoms with Gasteiger partial charge in [-0.05, 0) is 31.9 Å². The second kappa shape index (κ2) is 4.26. The second-order valence-corrected chi connectivity index (χ2v) is 5.28. The van der Waals surface area contributed by atoms with Gasteiger partial charge in [-0.3, -0.25) is 0 Å².